The molecule has 0 bridgehead atoms. The van der Waals surface area contributed by atoms with E-state index in [0.29, 0.717) is 23.1 Å². The van der Waals surface area contributed by atoms with Crippen LogP contribution in [-0.4, -0.2) is 19.3 Å². The SMILES string of the molecule is NS(=O)(=O)c1cccc2nc(N3C(=O)Cc4ccccc43)ccc12. The van der Waals surface area contributed by atoms with Crippen LogP contribution in [0.5, 0.6) is 0 Å². The van der Waals surface area contributed by atoms with Gasteiger partial charge in [0.25, 0.3) is 0 Å². The number of pyridine rings is 1. The fourth-order valence-electron chi connectivity index (χ4n) is 2.99. The first kappa shape index (κ1) is 14.8. The van der Waals surface area contributed by atoms with Crippen LogP contribution in [0.2, 0.25) is 0 Å². The Morgan fingerprint density at radius 1 is 1.00 bits per heavy atom. The second-order valence-corrected chi connectivity index (χ2v) is 7.10. The predicted octanol–water partition coefficient (Wildman–Crippen LogP) is 2.10. The Labute approximate surface area is 138 Å². The van der Waals surface area contributed by atoms with Gasteiger partial charge in [-0.15, -0.1) is 0 Å². The molecule has 0 aliphatic carbocycles. The molecule has 1 aliphatic rings. The summed E-state index contributed by atoms with van der Waals surface area (Å²) < 4.78 is 23.4. The molecule has 1 amide bonds. The monoisotopic (exact) mass is 339 g/mol. The molecular weight excluding hydrogens is 326 g/mol. The van der Waals surface area contributed by atoms with Crippen molar-refractivity contribution in [3.8, 4) is 0 Å². The van der Waals surface area contributed by atoms with E-state index >= 15 is 0 Å². The van der Waals surface area contributed by atoms with E-state index in [9.17, 15) is 13.2 Å². The smallest absolute Gasteiger partial charge is 0.238 e. The average Bonchev–Trinajstić information content (AvgIpc) is 2.88. The van der Waals surface area contributed by atoms with Crippen LogP contribution in [0.4, 0.5) is 11.5 Å². The van der Waals surface area contributed by atoms with E-state index < -0.39 is 10.0 Å². The maximum atomic E-state index is 12.4. The van der Waals surface area contributed by atoms with Gasteiger partial charge >= 0.3 is 0 Å². The third kappa shape index (κ3) is 2.26. The summed E-state index contributed by atoms with van der Waals surface area (Å²) in [7, 11) is -3.84. The van der Waals surface area contributed by atoms with Crippen molar-refractivity contribution in [2.45, 2.75) is 11.3 Å². The van der Waals surface area contributed by atoms with Gasteiger partial charge in [-0.2, -0.15) is 0 Å². The topological polar surface area (TPSA) is 93.4 Å². The third-order valence-electron chi connectivity index (χ3n) is 4.04. The van der Waals surface area contributed by atoms with Crippen molar-refractivity contribution in [1.82, 2.24) is 4.98 Å². The van der Waals surface area contributed by atoms with Crippen molar-refractivity contribution >= 4 is 38.3 Å². The molecule has 6 nitrogen and oxygen atoms in total. The van der Waals surface area contributed by atoms with Crippen LogP contribution in [0.3, 0.4) is 0 Å². The van der Waals surface area contributed by atoms with Gasteiger partial charge in [-0.3, -0.25) is 9.69 Å². The van der Waals surface area contributed by atoms with Crippen LogP contribution in [0.15, 0.2) is 59.5 Å². The van der Waals surface area contributed by atoms with Gasteiger partial charge in [0, 0.05) is 5.39 Å². The first-order valence-corrected chi connectivity index (χ1v) is 8.83. The summed E-state index contributed by atoms with van der Waals surface area (Å²) in [6.45, 7) is 0. The summed E-state index contributed by atoms with van der Waals surface area (Å²) >= 11 is 0. The van der Waals surface area contributed by atoms with Gasteiger partial charge in [0.2, 0.25) is 15.9 Å². The third-order valence-corrected chi connectivity index (χ3v) is 5.01. The number of primary sulfonamides is 1. The molecule has 3 aromatic rings. The highest BCUT2D eigenvalue weighted by Crippen LogP contribution is 2.35. The van der Waals surface area contributed by atoms with Gasteiger partial charge in [0.1, 0.15) is 5.82 Å². The number of amides is 1. The van der Waals surface area contributed by atoms with Crippen LogP contribution >= 0.6 is 0 Å². The van der Waals surface area contributed by atoms with E-state index in [2.05, 4.69) is 4.98 Å². The highest BCUT2D eigenvalue weighted by molar-refractivity contribution is 7.89. The van der Waals surface area contributed by atoms with Crippen molar-refractivity contribution in [3.05, 3.63) is 60.2 Å². The molecule has 0 spiro atoms. The van der Waals surface area contributed by atoms with Gasteiger partial charge in [0.05, 0.1) is 22.5 Å². The van der Waals surface area contributed by atoms with Crippen LogP contribution in [0.25, 0.3) is 10.9 Å². The molecule has 0 saturated heterocycles. The fraction of sp³-hybridized carbons (Fsp3) is 0.0588. The van der Waals surface area contributed by atoms with Crippen molar-refractivity contribution in [2.75, 3.05) is 4.90 Å². The highest BCUT2D eigenvalue weighted by atomic mass is 32.2. The second kappa shape index (κ2) is 5.12. The molecule has 1 aliphatic heterocycles. The number of anilines is 2. The first-order valence-electron chi connectivity index (χ1n) is 7.28. The van der Waals surface area contributed by atoms with Crippen molar-refractivity contribution in [3.63, 3.8) is 0 Å². The molecule has 0 unspecified atom stereocenters. The number of para-hydroxylation sites is 1. The maximum Gasteiger partial charge on any atom is 0.238 e. The van der Waals surface area contributed by atoms with Crippen LogP contribution in [0.1, 0.15) is 5.56 Å². The molecule has 4 rings (SSSR count). The number of rotatable bonds is 2. The lowest BCUT2D eigenvalue weighted by Gasteiger charge is -2.17. The van der Waals surface area contributed by atoms with Crippen LogP contribution in [0, 0.1) is 0 Å². The number of fused-ring (bicyclic) bond motifs is 2. The Hall–Kier alpha value is -2.77. The normalized spacial score (nSPS) is 14.2. The Morgan fingerprint density at radius 2 is 1.79 bits per heavy atom. The number of carbonyl (C=O) groups is 1. The lowest BCUT2D eigenvalue weighted by atomic mass is 10.2. The van der Waals surface area contributed by atoms with E-state index in [1.807, 2.05) is 24.3 Å². The number of benzene rings is 2. The van der Waals surface area contributed by atoms with E-state index in [1.54, 1.807) is 29.2 Å². The molecule has 2 N–H and O–H groups in total. The molecule has 2 heterocycles. The number of carbonyl (C=O) groups excluding carboxylic acids is 1. The summed E-state index contributed by atoms with van der Waals surface area (Å²) in [5, 5.41) is 5.68. The van der Waals surface area contributed by atoms with Gasteiger partial charge in [-0.05, 0) is 35.9 Å². The number of hydrogen-bond donors (Lipinski definition) is 1. The maximum absolute atomic E-state index is 12.4. The summed E-state index contributed by atoms with van der Waals surface area (Å²) in [4.78, 5) is 18.4. The number of nitrogens with two attached hydrogens (primary N) is 1. The summed E-state index contributed by atoms with van der Waals surface area (Å²) in [6.07, 6.45) is 0.326. The van der Waals surface area contributed by atoms with Crippen LogP contribution < -0.4 is 10.0 Å². The largest absolute Gasteiger partial charge is 0.274 e. The average molecular weight is 339 g/mol. The van der Waals surface area contributed by atoms with Gasteiger partial charge in [-0.1, -0.05) is 24.3 Å². The van der Waals surface area contributed by atoms with E-state index in [-0.39, 0.29) is 10.8 Å². The quantitative estimate of drug-likeness (QED) is 0.774. The zero-order chi connectivity index (χ0) is 16.9. The van der Waals surface area contributed by atoms with E-state index in [1.165, 1.54) is 6.07 Å². The van der Waals surface area contributed by atoms with Crippen molar-refractivity contribution in [2.24, 2.45) is 5.14 Å². The molecule has 0 fully saturated rings. The van der Waals surface area contributed by atoms with Gasteiger partial charge in [0.15, 0.2) is 0 Å². The predicted molar refractivity (Wildman–Crippen MR) is 90.4 cm³/mol. The summed E-state index contributed by atoms with van der Waals surface area (Å²) in [6, 6.07) is 15.5. The number of hydrogen-bond acceptors (Lipinski definition) is 4. The molecule has 120 valence electrons. The van der Waals surface area contributed by atoms with E-state index in [0.717, 1.165) is 11.3 Å². The lowest BCUT2D eigenvalue weighted by Crippen LogP contribution is -2.22. The Balaban J connectivity index is 1.90. The zero-order valence-corrected chi connectivity index (χ0v) is 13.3. The Bertz CT molecular complexity index is 1090. The minimum absolute atomic E-state index is 0.0206. The standard InChI is InChI=1S/C17H13N3O3S/c18-24(22,23)15-7-3-5-13-12(15)8-9-16(19-13)20-14-6-2-1-4-11(14)10-17(20)21/h1-9H,10H2,(H2,18,22,23). The fourth-order valence-corrected chi connectivity index (χ4v) is 3.74. The van der Waals surface area contributed by atoms with E-state index in [4.69, 9.17) is 5.14 Å². The second-order valence-electron chi connectivity index (χ2n) is 5.57. The zero-order valence-electron chi connectivity index (χ0n) is 12.5. The Kier molecular flexibility index (Phi) is 3.16. The molecule has 24 heavy (non-hydrogen) atoms. The Morgan fingerprint density at radius 3 is 2.58 bits per heavy atom. The molecule has 7 heteroatoms. The summed E-state index contributed by atoms with van der Waals surface area (Å²) in [5.74, 6) is 0.398. The number of aromatic nitrogens is 1. The number of nitrogens with zero attached hydrogens (tertiary/aromatic N) is 2. The van der Waals surface area contributed by atoms with Crippen molar-refractivity contribution < 1.29 is 13.2 Å². The first-order chi connectivity index (χ1) is 11.4. The minimum atomic E-state index is -3.84. The summed E-state index contributed by atoms with van der Waals surface area (Å²) in [5.41, 5.74) is 2.22. The minimum Gasteiger partial charge on any atom is -0.274 e. The molecule has 2 aromatic carbocycles. The lowest BCUT2D eigenvalue weighted by molar-refractivity contribution is -0.116. The highest BCUT2D eigenvalue weighted by Gasteiger charge is 2.29. The van der Waals surface area contributed by atoms with Crippen molar-refractivity contribution in [1.29, 1.82) is 0 Å². The number of sulfonamides is 1. The molecular formula is C17H13N3O3S. The molecule has 0 atom stereocenters. The molecule has 1 aromatic heterocycles. The van der Waals surface area contributed by atoms with Gasteiger partial charge in [-0.25, -0.2) is 18.5 Å². The molecule has 0 radical (unpaired) electrons. The molecule has 0 saturated carbocycles. The van der Waals surface area contributed by atoms with Gasteiger partial charge < -0.3 is 0 Å². The van der Waals surface area contributed by atoms with Crippen LogP contribution in [-0.2, 0) is 21.2 Å².